The van der Waals surface area contributed by atoms with E-state index in [9.17, 15) is 4.39 Å². The summed E-state index contributed by atoms with van der Waals surface area (Å²) in [6.45, 7) is 7.76. The van der Waals surface area contributed by atoms with Gasteiger partial charge in [-0.1, -0.05) is 11.7 Å². The van der Waals surface area contributed by atoms with E-state index in [1.165, 1.54) is 0 Å². The van der Waals surface area contributed by atoms with Crippen molar-refractivity contribution in [1.29, 1.82) is 0 Å². The van der Waals surface area contributed by atoms with Crippen LogP contribution in [0.5, 0.6) is 0 Å². The highest BCUT2D eigenvalue weighted by molar-refractivity contribution is 5.93. The summed E-state index contributed by atoms with van der Waals surface area (Å²) in [7, 11) is 0. The fourth-order valence-corrected chi connectivity index (χ4v) is 2.49. The molecule has 1 heterocycles. The molecule has 3 nitrogen and oxygen atoms in total. The standard InChI is InChI=1S/C11H16FNO2/c1-4-14-9(3)11-7-5-6-10(11,12)8(2)13-15-11/h3-7H2,1-2H3. The fourth-order valence-electron chi connectivity index (χ4n) is 2.49. The van der Waals surface area contributed by atoms with Gasteiger partial charge in [-0.05, 0) is 26.7 Å². The molecule has 0 N–H and O–H groups in total. The fraction of sp³-hybridized carbons (Fsp3) is 0.727. The van der Waals surface area contributed by atoms with E-state index >= 15 is 0 Å². The van der Waals surface area contributed by atoms with Crippen molar-refractivity contribution >= 4 is 5.71 Å². The highest BCUT2D eigenvalue weighted by atomic mass is 19.1. The van der Waals surface area contributed by atoms with Crippen LogP contribution in [0.1, 0.15) is 33.1 Å². The number of nitrogens with zero attached hydrogens (tertiary/aromatic N) is 1. The van der Waals surface area contributed by atoms with Crippen LogP contribution in [0.4, 0.5) is 4.39 Å². The molecule has 2 rings (SSSR count). The number of hydrogen-bond donors (Lipinski definition) is 0. The normalized spacial score (nSPS) is 38.2. The smallest absolute Gasteiger partial charge is 0.232 e. The highest BCUT2D eigenvalue weighted by Crippen LogP contribution is 2.53. The van der Waals surface area contributed by atoms with Crippen molar-refractivity contribution in [2.24, 2.45) is 5.16 Å². The third-order valence-corrected chi connectivity index (χ3v) is 3.37. The molecule has 0 spiro atoms. The zero-order chi connectivity index (χ0) is 11.1. The molecule has 0 aromatic heterocycles. The van der Waals surface area contributed by atoms with Crippen LogP contribution in [-0.2, 0) is 9.57 Å². The summed E-state index contributed by atoms with van der Waals surface area (Å²) in [5.41, 5.74) is -2.17. The molecule has 0 saturated heterocycles. The monoisotopic (exact) mass is 213 g/mol. The second-order valence-electron chi connectivity index (χ2n) is 4.11. The minimum atomic E-state index is -1.51. The molecule has 0 aromatic rings. The van der Waals surface area contributed by atoms with Crippen molar-refractivity contribution < 1.29 is 14.0 Å². The van der Waals surface area contributed by atoms with Gasteiger partial charge in [0.1, 0.15) is 5.76 Å². The third kappa shape index (κ3) is 1.13. The van der Waals surface area contributed by atoms with E-state index < -0.39 is 11.3 Å². The Bertz CT molecular complexity index is 329. The van der Waals surface area contributed by atoms with Gasteiger partial charge in [0.15, 0.2) is 0 Å². The summed E-state index contributed by atoms with van der Waals surface area (Å²) in [6, 6.07) is 0. The molecular weight excluding hydrogens is 197 g/mol. The molecule has 1 aliphatic heterocycles. The van der Waals surface area contributed by atoms with E-state index in [0.29, 0.717) is 30.9 Å². The number of alkyl halides is 1. The van der Waals surface area contributed by atoms with Gasteiger partial charge in [-0.3, -0.25) is 0 Å². The number of ether oxygens (including phenoxy) is 1. The van der Waals surface area contributed by atoms with Crippen molar-refractivity contribution in [2.75, 3.05) is 6.61 Å². The van der Waals surface area contributed by atoms with Gasteiger partial charge in [-0.25, -0.2) is 4.39 Å². The van der Waals surface area contributed by atoms with Gasteiger partial charge >= 0.3 is 0 Å². The number of rotatable bonds is 3. The van der Waals surface area contributed by atoms with Crippen molar-refractivity contribution in [3.63, 3.8) is 0 Å². The summed E-state index contributed by atoms with van der Waals surface area (Å²) < 4.78 is 20.0. The van der Waals surface area contributed by atoms with Gasteiger partial charge in [0.25, 0.3) is 0 Å². The Morgan fingerprint density at radius 3 is 3.07 bits per heavy atom. The molecule has 15 heavy (non-hydrogen) atoms. The predicted molar refractivity (Wildman–Crippen MR) is 55.4 cm³/mol. The lowest BCUT2D eigenvalue weighted by atomic mass is 9.84. The number of halogens is 1. The Kier molecular flexibility index (Phi) is 2.24. The molecule has 2 unspecified atom stereocenters. The minimum absolute atomic E-state index is 0.366. The quantitative estimate of drug-likeness (QED) is 0.674. The Hall–Kier alpha value is -1.06. The first-order valence-electron chi connectivity index (χ1n) is 5.31. The molecule has 1 fully saturated rings. The maximum absolute atomic E-state index is 14.7. The van der Waals surface area contributed by atoms with E-state index in [0.717, 1.165) is 6.42 Å². The first kappa shape index (κ1) is 10.5. The lowest BCUT2D eigenvalue weighted by Gasteiger charge is -2.32. The van der Waals surface area contributed by atoms with Crippen LogP contribution in [0.2, 0.25) is 0 Å². The van der Waals surface area contributed by atoms with Gasteiger partial charge in [-0.15, -0.1) is 0 Å². The number of fused-ring (bicyclic) bond motifs is 1. The second kappa shape index (κ2) is 3.22. The van der Waals surface area contributed by atoms with Crippen molar-refractivity contribution in [1.82, 2.24) is 0 Å². The average molecular weight is 213 g/mol. The molecule has 4 heteroatoms. The summed E-state index contributed by atoms with van der Waals surface area (Å²) in [4.78, 5) is 5.28. The Morgan fingerprint density at radius 2 is 2.40 bits per heavy atom. The van der Waals surface area contributed by atoms with Crippen molar-refractivity contribution in [3.05, 3.63) is 12.3 Å². The van der Waals surface area contributed by atoms with Crippen LogP contribution in [0, 0.1) is 0 Å². The van der Waals surface area contributed by atoms with Gasteiger partial charge in [-0.2, -0.15) is 0 Å². The molecule has 2 atom stereocenters. The average Bonchev–Trinajstić information content (AvgIpc) is 2.65. The van der Waals surface area contributed by atoms with Gasteiger partial charge in [0.05, 0.1) is 12.3 Å². The number of oxime groups is 1. The molecule has 0 amide bonds. The van der Waals surface area contributed by atoms with E-state index in [1.807, 2.05) is 6.92 Å². The van der Waals surface area contributed by atoms with E-state index in [-0.39, 0.29) is 0 Å². The zero-order valence-corrected chi connectivity index (χ0v) is 9.18. The van der Waals surface area contributed by atoms with Crippen LogP contribution < -0.4 is 0 Å². The van der Waals surface area contributed by atoms with E-state index in [2.05, 4.69) is 11.7 Å². The highest BCUT2D eigenvalue weighted by Gasteiger charge is 2.66. The zero-order valence-electron chi connectivity index (χ0n) is 9.18. The maximum atomic E-state index is 14.7. The Labute approximate surface area is 88.9 Å². The van der Waals surface area contributed by atoms with Gasteiger partial charge < -0.3 is 9.57 Å². The summed E-state index contributed by atoms with van der Waals surface area (Å²) in [6.07, 6.45) is 1.80. The largest absolute Gasteiger partial charge is 0.494 e. The molecule has 0 bridgehead atoms. The predicted octanol–water partition coefficient (Wildman–Crippen LogP) is 2.57. The third-order valence-electron chi connectivity index (χ3n) is 3.37. The molecule has 0 radical (unpaired) electrons. The maximum Gasteiger partial charge on any atom is 0.232 e. The van der Waals surface area contributed by atoms with Crippen LogP contribution >= 0.6 is 0 Å². The summed E-state index contributed by atoms with van der Waals surface area (Å²) in [5, 5.41) is 3.77. The summed E-state index contributed by atoms with van der Waals surface area (Å²) in [5.74, 6) is 0.366. The molecule has 1 aliphatic carbocycles. The van der Waals surface area contributed by atoms with E-state index in [4.69, 9.17) is 9.57 Å². The molecule has 0 aromatic carbocycles. The first-order chi connectivity index (χ1) is 7.07. The molecule has 2 aliphatic rings. The molecular formula is C11H16FNO2. The topological polar surface area (TPSA) is 30.8 Å². The van der Waals surface area contributed by atoms with Crippen LogP contribution in [0.15, 0.2) is 17.5 Å². The molecule has 84 valence electrons. The Balaban J connectivity index is 2.32. The minimum Gasteiger partial charge on any atom is -0.494 e. The summed E-state index contributed by atoms with van der Waals surface area (Å²) >= 11 is 0. The first-order valence-corrected chi connectivity index (χ1v) is 5.31. The second-order valence-corrected chi connectivity index (χ2v) is 4.11. The lowest BCUT2D eigenvalue weighted by Crippen LogP contribution is -2.49. The van der Waals surface area contributed by atoms with Crippen LogP contribution in [-0.4, -0.2) is 23.6 Å². The Morgan fingerprint density at radius 1 is 1.67 bits per heavy atom. The molecule has 1 saturated carbocycles. The van der Waals surface area contributed by atoms with Crippen LogP contribution in [0.3, 0.4) is 0 Å². The number of hydrogen-bond acceptors (Lipinski definition) is 3. The SMILES string of the molecule is C=C(OCC)C12CCCC1(F)C(C)=NO2. The van der Waals surface area contributed by atoms with Gasteiger partial charge in [0, 0.05) is 6.42 Å². The van der Waals surface area contributed by atoms with Crippen molar-refractivity contribution in [2.45, 2.75) is 44.4 Å². The van der Waals surface area contributed by atoms with Crippen LogP contribution in [0.25, 0.3) is 0 Å². The lowest BCUT2D eigenvalue weighted by molar-refractivity contribution is -0.0813. The van der Waals surface area contributed by atoms with Gasteiger partial charge in [0.2, 0.25) is 11.3 Å². The van der Waals surface area contributed by atoms with E-state index in [1.54, 1.807) is 6.92 Å². The van der Waals surface area contributed by atoms with Crippen molar-refractivity contribution in [3.8, 4) is 0 Å².